The number of hydrogen-bond donors (Lipinski definition) is 2. The Morgan fingerprint density at radius 3 is 2.88 bits per heavy atom. The number of nitrogens with one attached hydrogen (secondary N) is 2. The minimum absolute atomic E-state index is 0.0863. The SMILES string of the molecule is O=C1C[C@@H](C(=O)NCCCOC2CCCCC2)c2ccc(F)cc2N1. The molecular formula is C19H25FN2O3. The van der Waals surface area contributed by atoms with E-state index < -0.39 is 11.7 Å². The number of halogens is 1. The third-order valence-electron chi connectivity index (χ3n) is 4.90. The van der Waals surface area contributed by atoms with Gasteiger partial charge in [-0.2, -0.15) is 0 Å². The van der Waals surface area contributed by atoms with Crippen molar-refractivity contribution in [2.75, 3.05) is 18.5 Å². The lowest BCUT2D eigenvalue weighted by atomic mass is 9.89. The predicted molar refractivity (Wildman–Crippen MR) is 92.8 cm³/mol. The molecule has 6 heteroatoms. The summed E-state index contributed by atoms with van der Waals surface area (Å²) in [5, 5.41) is 5.49. The predicted octanol–water partition coefficient (Wildman–Crippen LogP) is 3.11. The minimum Gasteiger partial charge on any atom is -0.378 e. The second-order valence-corrected chi connectivity index (χ2v) is 6.81. The molecule has 0 aromatic heterocycles. The van der Waals surface area contributed by atoms with E-state index in [9.17, 15) is 14.0 Å². The number of benzene rings is 1. The molecule has 136 valence electrons. The van der Waals surface area contributed by atoms with Gasteiger partial charge >= 0.3 is 0 Å². The quantitative estimate of drug-likeness (QED) is 0.776. The molecule has 0 bridgehead atoms. The Labute approximate surface area is 147 Å². The summed E-state index contributed by atoms with van der Waals surface area (Å²) < 4.78 is 19.2. The number of amides is 2. The fourth-order valence-corrected chi connectivity index (χ4v) is 3.56. The molecule has 1 saturated carbocycles. The van der Waals surface area contributed by atoms with Crippen molar-refractivity contribution in [3.8, 4) is 0 Å². The molecular weight excluding hydrogens is 323 g/mol. The average Bonchev–Trinajstić information content (AvgIpc) is 2.61. The fourth-order valence-electron chi connectivity index (χ4n) is 3.56. The fraction of sp³-hybridized carbons (Fsp3) is 0.579. The molecule has 1 fully saturated rings. The monoisotopic (exact) mass is 348 g/mol. The van der Waals surface area contributed by atoms with Crippen molar-refractivity contribution in [1.29, 1.82) is 0 Å². The van der Waals surface area contributed by atoms with E-state index in [4.69, 9.17) is 4.74 Å². The lowest BCUT2D eigenvalue weighted by Gasteiger charge is -2.25. The average molecular weight is 348 g/mol. The topological polar surface area (TPSA) is 67.4 Å². The molecule has 0 spiro atoms. The van der Waals surface area contributed by atoms with Gasteiger partial charge in [-0.1, -0.05) is 25.3 Å². The van der Waals surface area contributed by atoms with Gasteiger partial charge in [0.15, 0.2) is 0 Å². The lowest BCUT2D eigenvalue weighted by Crippen LogP contribution is -2.35. The van der Waals surface area contributed by atoms with Crippen molar-refractivity contribution in [3.05, 3.63) is 29.6 Å². The summed E-state index contributed by atoms with van der Waals surface area (Å²) in [7, 11) is 0. The number of anilines is 1. The molecule has 0 saturated heterocycles. The highest BCUT2D eigenvalue weighted by atomic mass is 19.1. The van der Waals surface area contributed by atoms with Crippen LogP contribution in [-0.4, -0.2) is 31.1 Å². The largest absolute Gasteiger partial charge is 0.378 e. The normalized spacial score (nSPS) is 20.7. The van der Waals surface area contributed by atoms with Crippen LogP contribution in [-0.2, 0) is 14.3 Å². The van der Waals surface area contributed by atoms with Gasteiger partial charge in [0, 0.05) is 25.3 Å². The lowest BCUT2D eigenvalue weighted by molar-refractivity contribution is -0.126. The molecule has 25 heavy (non-hydrogen) atoms. The minimum atomic E-state index is -0.566. The van der Waals surface area contributed by atoms with E-state index in [2.05, 4.69) is 10.6 Å². The van der Waals surface area contributed by atoms with Gasteiger partial charge in [-0.25, -0.2) is 4.39 Å². The summed E-state index contributed by atoms with van der Waals surface area (Å²) in [5.41, 5.74) is 1.05. The van der Waals surface area contributed by atoms with Crippen molar-refractivity contribution < 1.29 is 18.7 Å². The molecule has 2 N–H and O–H groups in total. The first-order chi connectivity index (χ1) is 12.1. The molecule has 5 nitrogen and oxygen atoms in total. The summed E-state index contributed by atoms with van der Waals surface area (Å²) in [4.78, 5) is 24.2. The highest BCUT2D eigenvalue weighted by molar-refractivity contribution is 6.01. The van der Waals surface area contributed by atoms with Crippen molar-refractivity contribution in [1.82, 2.24) is 5.32 Å². The Morgan fingerprint density at radius 2 is 2.08 bits per heavy atom. The zero-order valence-electron chi connectivity index (χ0n) is 14.4. The molecule has 1 aromatic rings. The van der Waals surface area contributed by atoms with Gasteiger partial charge < -0.3 is 15.4 Å². The first-order valence-corrected chi connectivity index (χ1v) is 9.12. The van der Waals surface area contributed by atoms with E-state index in [-0.39, 0.29) is 18.2 Å². The van der Waals surface area contributed by atoms with Crippen molar-refractivity contribution in [2.45, 2.75) is 57.0 Å². The molecule has 1 aromatic carbocycles. The van der Waals surface area contributed by atoms with Crippen LogP contribution >= 0.6 is 0 Å². The first-order valence-electron chi connectivity index (χ1n) is 9.12. The third-order valence-corrected chi connectivity index (χ3v) is 4.90. The van der Waals surface area contributed by atoms with E-state index in [0.29, 0.717) is 30.5 Å². The number of fused-ring (bicyclic) bond motifs is 1. The van der Waals surface area contributed by atoms with Gasteiger partial charge in [0.2, 0.25) is 11.8 Å². The number of rotatable bonds is 6. The summed E-state index contributed by atoms with van der Waals surface area (Å²) >= 11 is 0. The van der Waals surface area contributed by atoms with Crippen molar-refractivity contribution in [3.63, 3.8) is 0 Å². The van der Waals surface area contributed by atoms with Gasteiger partial charge in [0.05, 0.1) is 12.0 Å². The van der Waals surface area contributed by atoms with Crippen LogP contribution in [0.5, 0.6) is 0 Å². The highest BCUT2D eigenvalue weighted by Gasteiger charge is 2.30. The number of carbonyl (C=O) groups is 2. The molecule has 1 heterocycles. The van der Waals surface area contributed by atoms with Crippen LogP contribution in [0.2, 0.25) is 0 Å². The molecule has 3 rings (SSSR count). The maximum atomic E-state index is 13.3. The molecule has 1 atom stereocenters. The zero-order valence-corrected chi connectivity index (χ0v) is 14.4. The summed E-state index contributed by atoms with van der Waals surface area (Å²) in [5.74, 6) is -1.46. The van der Waals surface area contributed by atoms with Gasteiger partial charge in [-0.05, 0) is 37.0 Å². The maximum Gasteiger partial charge on any atom is 0.228 e. The number of hydrogen-bond acceptors (Lipinski definition) is 3. The van der Waals surface area contributed by atoms with Crippen LogP contribution in [0, 0.1) is 5.82 Å². The maximum absolute atomic E-state index is 13.3. The van der Waals surface area contributed by atoms with E-state index >= 15 is 0 Å². The van der Waals surface area contributed by atoms with E-state index in [0.717, 1.165) is 19.3 Å². The van der Waals surface area contributed by atoms with Gasteiger partial charge in [-0.15, -0.1) is 0 Å². The Balaban J connectivity index is 1.46. The Hall–Kier alpha value is -1.95. The van der Waals surface area contributed by atoms with E-state index in [1.165, 1.54) is 31.4 Å². The number of ether oxygens (including phenoxy) is 1. The smallest absolute Gasteiger partial charge is 0.228 e. The first kappa shape index (κ1) is 17.9. The number of carbonyl (C=O) groups excluding carboxylic acids is 2. The second-order valence-electron chi connectivity index (χ2n) is 6.81. The Morgan fingerprint density at radius 1 is 1.28 bits per heavy atom. The van der Waals surface area contributed by atoms with Gasteiger partial charge in [-0.3, -0.25) is 9.59 Å². The molecule has 0 radical (unpaired) electrons. The van der Waals surface area contributed by atoms with Crippen LogP contribution in [0.25, 0.3) is 0 Å². The summed E-state index contributed by atoms with van der Waals surface area (Å²) in [6.07, 6.45) is 7.26. The standard InChI is InChI=1S/C19H25FN2O3/c20-13-7-8-15-16(12-18(23)22-17(15)11-13)19(24)21-9-4-10-25-14-5-2-1-3-6-14/h7-8,11,14,16H,1-6,9-10,12H2,(H,21,24)(H,22,23)/t16-/m1/s1. The van der Waals surface area contributed by atoms with Crippen LogP contribution in [0.1, 0.15) is 56.4 Å². The Kier molecular flexibility index (Phi) is 6.02. The summed E-state index contributed by atoms with van der Waals surface area (Å²) in [6.45, 7) is 1.15. The van der Waals surface area contributed by atoms with Crippen LogP contribution < -0.4 is 10.6 Å². The van der Waals surface area contributed by atoms with Crippen LogP contribution in [0.15, 0.2) is 18.2 Å². The molecule has 1 aliphatic carbocycles. The Bertz CT molecular complexity index is 629. The van der Waals surface area contributed by atoms with E-state index in [1.54, 1.807) is 6.07 Å². The third kappa shape index (κ3) is 4.78. The van der Waals surface area contributed by atoms with Crippen molar-refractivity contribution in [2.24, 2.45) is 0 Å². The van der Waals surface area contributed by atoms with Crippen LogP contribution in [0.3, 0.4) is 0 Å². The molecule has 1 aliphatic heterocycles. The summed E-state index contributed by atoms with van der Waals surface area (Å²) in [6, 6.07) is 4.14. The van der Waals surface area contributed by atoms with E-state index in [1.807, 2.05) is 0 Å². The van der Waals surface area contributed by atoms with Crippen LogP contribution in [0.4, 0.5) is 10.1 Å². The molecule has 2 amide bonds. The van der Waals surface area contributed by atoms with Crippen molar-refractivity contribution >= 4 is 17.5 Å². The molecule has 0 unspecified atom stereocenters. The molecule has 2 aliphatic rings. The zero-order chi connectivity index (χ0) is 17.6. The van der Waals surface area contributed by atoms with Gasteiger partial charge in [0.1, 0.15) is 5.82 Å². The van der Waals surface area contributed by atoms with Gasteiger partial charge in [0.25, 0.3) is 0 Å². The second kappa shape index (κ2) is 8.43. The highest BCUT2D eigenvalue weighted by Crippen LogP contribution is 2.32.